The van der Waals surface area contributed by atoms with Crippen LogP contribution < -0.4 is 16.2 Å². The summed E-state index contributed by atoms with van der Waals surface area (Å²) in [6.45, 7) is 4.58. The van der Waals surface area contributed by atoms with Gasteiger partial charge in [0.05, 0.1) is 10.6 Å². The fraction of sp³-hybridized carbons (Fsp3) is 0.300. The molecule has 0 aliphatic carbocycles. The van der Waals surface area contributed by atoms with E-state index in [4.69, 9.17) is 19.9 Å². The Morgan fingerprint density at radius 2 is 2.09 bits per heavy atom. The minimum Gasteiger partial charge on any atom is -0.459 e. The number of aromatic nitrogens is 2. The van der Waals surface area contributed by atoms with E-state index in [2.05, 4.69) is 16.5 Å². The molecule has 2 aromatic rings. The first-order valence-corrected chi connectivity index (χ1v) is 10.3. The van der Waals surface area contributed by atoms with Crippen molar-refractivity contribution in [3.8, 4) is 0 Å². The lowest BCUT2D eigenvalue weighted by molar-refractivity contribution is -0.150. The molecule has 1 aromatic heterocycles. The number of nitrogens with two attached hydrogens (primary N) is 1. The number of hydrogen-bond acceptors (Lipinski definition) is 10. The highest BCUT2D eigenvalue weighted by Crippen LogP contribution is 2.46. The van der Waals surface area contributed by atoms with Crippen molar-refractivity contribution in [3.05, 3.63) is 57.9 Å². The van der Waals surface area contributed by atoms with Crippen molar-refractivity contribution < 1.29 is 28.2 Å². The summed E-state index contributed by atoms with van der Waals surface area (Å²) < 4.78 is 31.4. The van der Waals surface area contributed by atoms with Gasteiger partial charge in [-0.25, -0.2) is 9.18 Å². The summed E-state index contributed by atoms with van der Waals surface area (Å²) in [6, 6.07) is 8.20. The molecule has 3 N–H and O–H groups in total. The Morgan fingerprint density at radius 3 is 2.78 bits per heavy atom. The number of anilines is 2. The van der Waals surface area contributed by atoms with Crippen molar-refractivity contribution in [2.45, 2.75) is 36.4 Å². The molecule has 1 fully saturated rings. The van der Waals surface area contributed by atoms with E-state index in [1.54, 1.807) is 30.3 Å². The number of carbonyl (C=O) groups is 2. The van der Waals surface area contributed by atoms with Gasteiger partial charge in [-0.3, -0.25) is 19.5 Å². The van der Waals surface area contributed by atoms with Crippen LogP contribution in [0.3, 0.4) is 0 Å². The molecule has 168 valence electrons. The Balaban J connectivity index is 1.58. The average molecular weight is 462 g/mol. The first-order valence-electron chi connectivity index (χ1n) is 9.51. The molecule has 0 amide bonds. The van der Waals surface area contributed by atoms with Crippen LogP contribution in [0.1, 0.15) is 17.3 Å². The lowest BCUT2D eigenvalue weighted by Gasteiger charge is -2.29. The van der Waals surface area contributed by atoms with E-state index in [-0.39, 0.29) is 16.7 Å². The molecule has 1 aromatic carbocycles. The molecular weight excluding hydrogens is 443 g/mol. The number of thioether (sulfide) groups is 1. The van der Waals surface area contributed by atoms with Gasteiger partial charge >= 0.3 is 11.9 Å². The van der Waals surface area contributed by atoms with Gasteiger partial charge in [0.1, 0.15) is 17.6 Å². The molecule has 10 nitrogen and oxygen atoms in total. The predicted molar refractivity (Wildman–Crippen MR) is 113 cm³/mol. The normalized spacial score (nSPS) is 24.3. The maximum absolute atomic E-state index is 15.3. The highest BCUT2D eigenvalue weighted by atomic mass is 32.2. The zero-order valence-corrected chi connectivity index (χ0v) is 17.6. The number of carbonyl (C=O) groups excluding carboxylic acids is 2. The predicted octanol–water partition coefficient (Wildman–Crippen LogP) is 1.59. The van der Waals surface area contributed by atoms with E-state index in [0.717, 1.165) is 18.7 Å². The topological polar surface area (TPSA) is 137 Å². The van der Waals surface area contributed by atoms with E-state index in [0.29, 0.717) is 10.6 Å². The van der Waals surface area contributed by atoms with Gasteiger partial charge in [0, 0.05) is 6.92 Å². The van der Waals surface area contributed by atoms with Gasteiger partial charge in [0.15, 0.2) is 24.3 Å². The number of hydrogen-bond donors (Lipinski definition) is 2. The summed E-state index contributed by atoms with van der Waals surface area (Å²) in [7, 11) is 0. The van der Waals surface area contributed by atoms with Crippen molar-refractivity contribution in [1.82, 2.24) is 9.97 Å². The number of H-pyrrole nitrogens is 1. The molecule has 3 heterocycles. The second-order valence-electron chi connectivity index (χ2n) is 7.02. The second kappa shape index (κ2) is 8.63. The number of benzene rings is 1. The first kappa shape index (κ1) is 21.8. The summed E-state index contributed by atoms with van der Waals surface area (Å²) in [4.78, 5) is 44.1. The summed E-state index contributed by atoms with van der Waals surface area (Å²) in [6.07, 6.45) is -5.66. The number of nitrogens with zero attached hydrogens (tertiary/aromatic N) is 2. The molecular formula is C20H19FN4O6S. The largest absolute Gasteiger partial charge is 0.459 e. The molecule has 0 spiro atoms. The zero-order valence-electron chi connectivity index (χ0n) is 16.8. The van der Waals surface area contributed by atoms with Crippen LogP contribution in [-0.4, -0.2) is 53.1 Å². The van der Waals surface area contributed by atoms with Gasteiger partial charge in [0.25, 0.3) is 5.56 Å². The summed E-state index contributed by atoms with van der Waals surface area (Å²) in [5.74, 6) is -1.43. The molecule has 2 aliphatic heterocycles. The molecule has 0 bridgehead atoms. The Morgan fingerprint density at radius 1 is 1.38 bits per heavy atom. The fourth-order valence-corrected chi connectivity index (χ4v) is 4.34. The summed E-state index contributed by atoms with van der Waals surface area (Å²) in [5.41, 5.74) is 5.46. The molecule has 0 unspecified atom stereocenters. The minimum absolute atomic E-state index is 0.109. The van der Waals surface area contributed by atoms with E-state index in [9.17, 15) is 14.4 Å². The van der Waals surface area contributed by atoms with E-state index >= 15 is 4.39 Å². The fourth-order valence-electron chi connectivity index (χ4n) is 3.44. The zero-order chi connectivity index (χ0) is 23.0. The van der Waals surface area contributed by atoms with Crippen LogP contribution in [0.4, 0.5) is 16.2 Å². The van der Waals surface area contributed by atoms with Crippen LogP contribution in [0.15, 0.2) is 51.6 Å². The van der Waals surface area contributed by atoms with Crippen LogP contribution in [0.2, 0.25) is 0 Å². The lowest BCUT2D eigenvalue weighted by atomic mass is 10.1. The van der Waals surface area contributed by atoms with Crippen molar-refractivity contribution in [1.29, 1.82) is 0 Å². The highest BCUT2D eigenvalue weighted by molar-refractivity contribution is 8.03. The number of aromatic amines is 1. The van der Waals surface area contributed by atoms with Crippen LogP contribution >= 0.6 is 11.8 Å². The number of fused-ring (bicyclic) bond motifs is 1. The standard InChI is InChI=1S/C20H19FN4O6S/c1-9-25(16-15(32-9)17(27)24-20(22)23-16)18-14(30-10(2)26)13(21)12(31-18)8-29-19(28)11-6-4-3-5-7-11/h3-7,12-14,18H,1,8H2,2H3,(H3,22,23,24,27)/t12-,13+,14-,18-/m1/s1. The number of alkyl halides is 1. The maximum atomic E-state index is 15.3. The molecule has 2 aliphatic rings. The number of rotatable bonds is 5. The smallest absolute Gasteiger partial charge is 0.338 e. The number of ether oxygens (including phenoxy) is 3. The van der Waals surface area contributed by atoms with Crippen molar-refractivity contribution >= 4 is 35.5 Å². The van der Waals surface area contributed by atoms with Crippen molar-refractivity contribution in [2.75, 3.05) is 17.2 Å². The van der Waals surface area contributed by atoms with Gasteiger partial charge in [-0.15, -0.1) is 0 Å². The molecule has 4 rings (SSSR count). The first-order chi connectivity index (χ1) is 15.3. The number of halogens is 1. The maximum Gasteiger partial charge on any atom is 0.338 e. The van der Waals surface area contributed by atoms with Crippen LogP contribution in [0.25, 0.3) is 0 Å². The summed E-state index contributed by atoms with van der Waals surface area (Å²) >= 11 is 1.00. The lowest BCUT2D eigenvalue weighted by Crippen LogP contribution is -2.44. The Bertz CT molecular complexity index is 1130. The molecule has 4 atom stereocenters. The molecule has 0 saturated carbocycles. The number of nitrogens with one attached hydrogen (secondary N) is 1. The number of nitrogen functional groups attached to an aromatic ring is 1. The van der Waals surface area contributed by atoms with Gasteiger partial charge in [0.2, 0.25) is 5.95 Å². The summed E-state index contributed by atoms with van der Waals surface area (Å²) in [5, 5.41) is 0.305. The number of esters is 2. The third-order valence-corrected chi connectivity index (χ3v) is 5.81. The Labute approximate surface area is 185 Å². The van der Waals surface area contributed by atoms with Crippen LogP contribution in [0.5, 0.6) is 0 Å². The van der Waals surface area contributed by atoms with E-state index in [1.807, 2.05) is 0 Å². The molecule has 0 radical (unpaired) electrons. The quantitative estimate of drug-likeness (QED) is 0.630. The van der Waals surface area contributed by atoms with Crippen LogP contribution in [0, 0.1) is 0 Å². The van der Waals surface area contributed by atoms with Gasteiger partial charge in [-0.05, 0) is 12.1 Å². The minimum atomic E-state index is -1.83. The molecule has 1 saturated heterocycles. The van der Waals surface area contributed by atoms with Crippen molar-refractivity contribution in [2.24, 2.45) is 0 Å². The average Bonchev–Trinajstić information content (AvgIpc) is 3.23. The second-order valence-corrected chi connectivity index (χ2v) is 8.10. The van der Waals surface area contributed by atoms with Gasteiger partial charge < -0.3 is 19.9 Å². The van der Waals surface area contributed by atoms with E-state index in [1.165, 1.54) is 4.90 Å². The monoisotopic (exact) mass is 462 g/mol. The van der Waals surface area contributed by atoms with Crippen LogP contribution in [-0.2, 0) is 19.0 Å². The van der Waals surface area contributed by atoms with Gasteiger partial charge in [-0.1, -0.05) is 36.5 Å². The molecule has 32 heavy (non-hydrogen) atoms. The van der Waals surface area contributed by atoms with Crippen molar-refractivity contribution in [3.63, 3.8) is 0 Å². The third-order valence-electron chi connectivity index (χ3n) is 4.80. The van der Waals surface area contributed by atoms with Gasteiger partial charge in [-0.2, -0.15) is 4.98 Å². The molecule has 12 heteroatoms. The van der Waals surface area contributed by atoms with E-state index < -0.39 is 48.7 Å². The third kappa shape index (κ3) is 4.06. The Hall–Kier alpha value is -3.38. The Kier molecular flexibility index (Phi) is 5.89. The SMILES string of the molecule is C=C1Sc2c(nc(N)[nH]c2=O)N1[C@@H]1O[C@H](COC(=O)c2ccccc2)[C@H](F)[C@H]1OC(C)=O. The highest BCUT2D eigenvalue weighted by Gasteiger charge is 2.53.